The number of nitrogens with one attached hydrogen (secondary N) is 3. The number of H-pyrrole nitrogens is 1. The number of anilines is 2. The van der Waals surface area contributed by atoms with E-state index < -0.39 is 0 Å². The lowest BCUT2D eigenvalue weighted by Gasteiger charge is -2.32. The molecule has 0 aliphatic carbocycles. The van der Waals surface area contributed by atoms with Gasteiger partial charge in [0.05, 0.1) is 21.2 Å². The maximum Gasteiger partial charge on any atom is 0.201 e. The zero-order valence-electron chi connectivity index (χ0n) is 18.1. The van der Waals surface area contributed by atoms with Crippen LogP contribution in [0, 0.1) is 5.92 Å². The van der Waals surface area contributed by atoms with Gasteiger partial charge in [0.15, 0.2) is 0 Å². The van der Waals surface area contributed by atoms with Gasteiger partial charge in [0.25, 0.3) is 0 Å². The number of para-hydroxylation sites is 1. The summed E-state index contributed by atoms with van der Waals surface area (Å²) < 4.78 is 0. The molecule has 7 heteroatoms. The number of rotatable bonds is 9. The van der Waals surface area contributed by atoms with Crippen molar-refractivity contribution in [2.24, 2.45) is 5.92 Å². The van der Waals surface area contributed by atoms with Crippen LogP contribution < -0.4 is 10.6 Å². The Bertz CT molecular complexity index is 995. The van der Waals surface area contributed by atoms with Gasteiger partial charge in [-0.3, -0.25) is 4.90 Å². The van der Waals surface area contributed by atoms with E-state index in [0.717, 1.165) is 61.8 Å². The number of likely N-dealkylation sites (tertiary alicyclic amines) is 1. The smallest absolute Gasteiger partial charge is 0.201 e. The number of piperidine rings is 1. The molecule has 2 aromatic carbocycles. The van der Waals surface area contributed by atoms with Crippen molar-refractivity contribution in [1.82, 2.24) is 14.9 Å². The van der Waals surface area contributed by atoms with Crippen LogP contribution in [0.5, 0.6) is 0 Å². The highest BCUT2D eigenvalue weighted by molar-refractivity contribution is 6.42. The predicted molar refractivity (Wildman–Crippen MR) is 132 cm³/mol. The van der Waals surface area contributed by atoms with E-state index in [0.29, 0.717) is 16.0 Å². The van der Waals surface area contributed by atoms with Gasteiger partial charge in [0.1, 0.15) is 5.52 Å². The average Bonchev–Trinajstić information content (AvgIpc) is 3.20. The van der Waals surface area contributed by atoms with Crippen LogP contribution in [0.4, 0.5) is 11.6 Å². The van der Waals surface area contributed by atoms with Crippen LogP contribution in [0.2, 0.25) is 10.0 Å². The monoisotopic (exact) mass is 459 g/mol. The summed E-state index contributed by atoms with van der Waals surface area (Å²) in [4.78, 5) is 10.7. The Morgan fingerprint density at radius 1 is 1.10 bits per heavy atom. The van der Waals surface area contributed by atoms with E-state index in [2.05, 4.69) is 51.7 Å². The van der Waals surface area contributed by atoms with Gasteiger partial charge >= 0.3 is 0 Å². The zero-order chi connectivity index (χ0) is 21.6. The first kappa shape index (κ1) is 22.3. The van der Waals surface area contributed by atoms with Crippen LogP contribution in [-0.2, 0) is 6.54 Å². The number of hydrogen-bond donors (Lipinski definition) is 3. The minimum Gasteiger partial charge on any atom is -0.383 e. The molecule has 3 N–H and O–H groups in total. The van der Waals surface area contributed by atoms with E-state index in [9.17, 15) is 0 Å². The minimum absolute atomic E-state index is 0.615. The van der Waals surface area contributed by atoms with Gasteiger partial charge in [0, 0.05) is 19.6 Å². The second-order valence-corrected chi connectivity index (χ2v) is 9.23. The Hall–Kier alpha value is -1.95. The molecule has 0 spiro atoms. The molecule has 0 radical (unpaired) electrons. The molecule has 0 unspecified atom stereocenters. The molecular formula is C24H31Cl2N5. The summed E-state index contributed by atoms with van der Waals surface area (Å²) in [5.41, 5.74) is 4.40. The maximum atomic E-state index is 6.15. The van der Waals surface area contributed by atoms with Gasteiger partial charge < -0.3 is 15.6 Å². The van der Waals surface area contributed by atoms with Crippen molar-refractivity contribution in [3.8, 4) is 0 Å². The molecule has 5 nitrogen and oxygen atoms in total. The molecule has 1 saturated heterocycles. The minimum atomic E-state index is 0.615. The molecule has 0 bridgehead atoms. The SMILES string of the molecule is CCCCNc1cccc2[nH]c(NCC3CCN(Cc4ccc(Cl)c(Cl)c4)CC3)nc12. The van der Waals surface area contributed by atoms with E-state index in [1.54, 1.807) is 0 Å². The Balaban J connectivity index is 1.27. The van der Waals surface area contributed by atoms with E-state index in [-0.39, 0.29) is 0 Å². The van der Waals surface area contributed by atoms with E-state index in [1.165, 1.54) is 24.8 Å². The molecule has 31 heavy (non-hydrogen) atoms. The second-order valence-electron chi connectivity index (χ2n) is 8.42. The summed E-state index contributed by atoms with van der Waals surface area (Å²) in [6.07, 6.45) is 4.70. The standard InChI is InChI=1S/C24H31Cl2N5/c1-2-3-11-27-21-5-4-6-22-23(21)30-24(29-22)28-15-17-9-12-31(13-10-17)16-18-7-8-19(25)20(26)14-18/h4-8,14,17,27H,2-3,9-13,15-16H2,1H3,(H2,28,29,30). The highest BCUT2D eigenvalue weighted by Gasteiger charge is 2.20. The number of benzene rings is 2. The average molecular weight is 460 g/mol. The quantitative estimate of drug-likeness (QED) is 0.323. The molecule has 166 valence electrons. The molecule has 2 heterocycles. The Labute approximate surface area is 194 Å². The summed E-state index contributed by atoms with van der Waals surface area (Å²) >= 11 is 12.2. The summed E-state index contributed by atoms with van der Waals surface area (Å²) in [6.45, 7) is 7.24. The van der Waals surface area contributed by atoms with Gasteiger partial charge in [-0.1, -0.05) is 48.7 Å². The van der Waals surface area contributed by atoms with Crippen LogP contribution in [0.3, 0.4) is 0 Å². The third-order valence-corrected chi connectivity index (χ3v) is 6.75. The van der Waals surface area contributed by atoms with Crippen molar-refractivity contribution in [3.05, 3.63) is 52.0 Å². The third kappa shape index (κ3) is 5.85. The second kappa shape index (κ2) is 10.6. The number of nitrogens with zero attached hydrogens (tertiary/aromatic N) is 2. The lowest BCUT2D eigenvalue weighted by Crippen LogP contribution is -2.35. The maximum absolute atomic E-state index is 6.15. The van der Waals surface area contributed by atoms with Gasteiger partial charge in [-0.25, -0.2) is 4.98 Å². The van der Waals surface area contributed by atoms with Crippen molar-refractivity contribution in [3.63, 3.8) is 0 Å². The molecular weight excluding hydrogens is 429 g/mol. The van der Waals surface area contributed by atoms with Gasteiger partial charge in [-0.05, 0) is 68.1 Å². The summed E-state index contributed by atoms with van der Waals surface area (Å²) in [5, 5.41) is 8.29. The number of aromatic nitrogens is 2. The predicted octanol–water partition coefficient (Wildman–Crippen LogP) is 6.41. The number of unbranched alkanes of at least 4 members (excludes halogenated alkanes) is 1. The molecule has 1 aliphatic rings. The van der Waals surface area contributed by atoms with Crippen LogP contribution in [0.1, 0.15) is 38.2 Å². The van der Waals surface area contributed by atoms with Gasteiger partial charge in [0.2, 0.25) is 5.95 Å². The summed E-state index contributed by atoms with van der Waals surface area (Å²) in [7, 11) is 0. The van der Waals surface area contributed by atoms with Gasteiger partial charge in [-0.2, -0.15) is 0 Å². The first-order valence-corrected chi connectivity index (χ1v) is 12.0. The van der Waals surface area contributed by atoms with Crippen molar-refractivity contribution in [2.75, 3.05) is 36.8 Å². The van der Waals surface area contributed by atoms with E-state index in [4.69, 9.17) is 28.2 Å². The molecule has 0 saturated carbocycles. The molecule has 1 aromatic heterocycles. The van der Waals surface area contributed by atoms with E-state index >= 15 is 0 Å². The number of aromatic amines is 1. The number of imidazole rings is 1. The lowest BCUT2D eigenvalue weighted by atomic mass is 9.96. The molecule has 1 fully saturated rings. The van der Waals surface area contributed by atoms with Crippen molar-refractivity contribution in [2.45, 2.75) is 39.2 Å². The Morgan fingerprint density at radius 3 is 2.71 bits per heavy atom. The van der Waals surface area contributed by atoms with Crippen molar-refractivity contribution >= 4 is 45.9 Å². The lowest BCUT2D eigenvalue weighted by molar-refractivity contribution is 0.182. The number of fused-ring (bicyclic) bond motifs is 1. The number of hydrogen-bond acceptors (Lipinski definition) is 4. The Morgan fingerprint density at radius 2 is 1.94 bits per heavy atom. The highest BCUT2D eigenvalue weighted by atomic mass is 35.5. The molecule has 4 rings (SSSR count). The third-order valence-electron chi connectivity index (χ3n) is 6.01. The fourth-order valence-electron chi connectivity index (χ4n) is 4.14. The normalized spacial score (nSPS) is 15.5. The van der Waals surface area contributed by atoms with Crippen LogP contribution in [0.25, 0.3) is 11.0 Å². The molecule has 3 aromatic rings. The van der Waals surface area contributed by atoms with Gasteiger partial charge in [-0.15, -0.1) is 0 Å². The highest BCUT2D eigenvalue weighted by Crippen LogP contribution is 2.26. The van der Waals surface area contributed by atoms with Crippen molar-refractivity contribution < 1.29 is 0 Å². The molecule has 0 atom stereocenters. The number of halogens is 2. The fourth-order valence-corrected chi connectivity index (χ4v) is 4.46. The zero-order valence-corrected chi connectivity index (χ0v) is 19.6. The first-order valence-electron chi connectivity index (χ1n) is 11.2. The first-order chi connectivity index (χ1) is 15.1. The molecule has 1 aliphatic heterocycles. The molecule has 0 amide bonds. The van der Waals surface area contributed by atoms with Crippen molar-refractivity contribution in [1.29, 1.82) is 0 Å². The summed E-state index contributed by atoms with van der Waals surface area (Å²) in [6, 6.07) is 12.2. The van der Waals surface area contributed by atoms with E-state index in [1.807, 2.05) is 12.1 Å². The van der Waals surface area contributed by atoms with Crippen LogP contribution in [0.15, 0.2) is 36.4 Å². The Kier molecular flexibility index (Phi) is 7.59. The van der Waals surface area contributed by atoms with Crippen LogP contribution >= 0.6 is 23.2 Å². The van der Waals surface area contributed by atoms with Crippen LogP contribution in [-0.4, -0.2) is 41.0 Å². The largest absolute Gasteiger partial charge is 0.383 e. The fraction of sp³-hybridized carbons (Fsp3) is 0.458. The summed E-state index contributed by atoms with van der Waals surface area (Å²) in [5.74, 6) is 1.51. The topological polar surface area (TPSA) is 56.0 Å².